The number of benzene rings is 2. The number of carboxylic acid groups (broad SMARTS) is 1. The van der Waals surface area contributed by atoms with Crippen LogP contribution < -0.4 is 10.5 Å². The first-order chi connectivity index (χ1) is 10.5. The highest BCUT2D eigenvalue weighted by atomic mass is 127. The van der Waals surface area contributed by atoms with Crippen LogP contribution in [0.15, 0.2) is 42.5 Å². The van der Waals surface area contributed by atoms with Gasteiger partial charge in [0.1, 0.15) is 18.4 Å². The van der Waals surface area contributed by atoms with Crippen LogP contribution in [0.2, 0.25) is 0 Å². The standard InChI is InChI=1S/C16H15I2NO3/c17-12-6-11(8-14(19)16(20)21)7-13(18)15(12)22-9-10-4-2-1-3-5-10/h1-7,14H,8-9,19H2,(H,20,21)/t14-/m1/s1. The molecule has 0 aliphatic carbocycles. The summed E-state index contributed by atoms with van der Waals surface area (Å²) in [5, 5.41) is 8.89. The van der Waals surface area contributed by atoms with Crippen molar-refractivity contribution in [1.29, 1.82) is 0 Å². The van der Waals surface area contributed by atoms with Crippen molar-refractivity contribution >= 4 is 51.2 Å². The molecule has 6 heteroatoms. The SMILES string of the molecule is N[C@H](Cc1cc(I)c(OCc2ccccc2)c(I)c1)C(=O)O. The zero-order chi connectivity index (χ0) is 16.1. The van der Waals surface area contributed by atoms with Crippen molar-refractivity contribution in [3.05, 3.63) is 60.7 Å². The summed E-state index contributed by atoms with van der Waals surface area (Å²) in [6.07, 6.45) is 0.306. The first-order valence-electron chi connectivity index (χ1n) is 6.60. The molecule has 0 amide bonds. The number of carboxylic acids is 1. The number of halogens is 2. The van der Waals surface area contributed by atoms with Crippen molar-refractivity contribution in [2.24, 2.45) is 5.73 Å². The average Bonchev–Trinajstić information content (AvgIpc) is 2.47. The van der Waals surface area contributed by atoms with Crippen LogP contribution in [0, 0.1) is 7.14 Å². The highest BCUT2D eigenvalue weighted by Crippen LogP contribution is 2.30. The highest BCUT2D eigenvalue weighted by Gasteiger charge is 2.15. The summed E-state index contributed by atoms with van der Waals surface area (Å²) in [7, 11) is 0. The van der Waals surface area contributed by atoms with Gasteiger partial charge in [-0.05, 0) is 74.9 Å². The van der Waals surface area contributed by atoms with E-state index in [2.05, 4.69) is 45.2 Å². The fourth-order valence-corrected chi connectivity index (χ4v) is 4.15. The van der Waals surface area contributed by atoms with E-state index in [4.69, 9.17) is 15.6 Å². The fourth-order valence-electron chi connectivity index (χ4n) is 1.94. The Morgan fingerprint density at radius 1 is 1.14 bits per heavy atom. The quantitative estimate of drug-likeness (QED) is 0.570. The van der Waals surface area contributed by atoms with Gasteiger partial charge in [-0.3, -0.25) is 4.79 Å². The van der Waals surface area contributed by atoms with E-state index >= 15 is 0 Å². The van der Waals surface area contributed by atoms with E-state index in [0.29, 0.717) is 13.0 Å². The summed E-state index contributed by atoms with van der Waals surface area (Å²) < 4.78 is 7.80. The van der Waals surface area contributed by atoms with Crippen molar-refractivity contribution in [1.82, 2.24) is 0 Å². The van der Waals surface area contributed by atoms with Gasteiger partial charge < -0.3 is 15.6 Å². The van der Waals surface area contributed by atoms with E-state index in [1.54, 1.807) is 0 Å². The molecular weight excluding hydrogens is 508 g/mol. The molecule has 2 aromatic carbocycles. The minimum absolute atomic E-state index is 0.306. The van der Waals surface area contributed by atoms with Gasteiger partial charge in [0.25, 0.3) is 0 Å². The van der Waals surface area contributed by atoms with Crippen molar-refractivity contribution in [2.45, 2.75) is 19.1 Å². The minimum Gasteiger partial charge on any atom is -0.487 e. The smallest absolute Gasteiger partial charge is 0.320 e. The fraction of sp³-hybridized carbons (Fsp3) is 0.188. The van der Waals surface area contributed by atoms with Crippen molar-refractivity contribution in [3.63, 3.8) is 0 Å². The maximum Gasteiger partial charge on any atom is 0.320 e. The van der Waals surface area contributed by atoms with Crippen LogP contribution in [0.1, 0.15) is 11.1 Å². The third kappa shape index (κ3) is 4.82. The van der Waals surface area contributed by atoms with Gasteiger partial charge in [0.15, 0.2) is 0 Å². The Hall–Kier alpha value is -0.870. The summed E-state index contributed by atoms with van der Waals surface area (Å²) in [5.74, 6) is -0.174. The van der Waals surface area contributed by atoms with Gasteiger partial charge in [-0.1, -0.05) is 30.3 Å². The molecule has 0 aliphatic heterocycles. The van der Waals surface area contributed by atoms with Crippen LogP contribution in [-0.2, 0) is 17.8 Å². The molecule has 0 aliphatic rings. The molecule has 2 rings (SSSR count). The molecule has 0 fully saturated rings. The molecule has 0 heterocycles. The molecule has 0 bridgehead atoms. The molecule has 0 saturated carbocycles. The van der Waals surface area contributed by atoms with E-state index in [-0.39, 0.29) is 0 Å². The van der Waals surface area contributed by atoms with Gasteiger partial charge in [-0.2, -0.15) is 0 Å². The van der Waals surface area contributed by atoms with E-state index in [0.717, 1.165) is 24.0 Å². The highest BCUT2D eigenvalue weighted by molar-refractivity contribution is 14.1. The summed E-state index contributed by atoms with van der Waals surface area (Å²) in [4.78, 5) is 10.8. The van der Waals surface area contributed by atoms with Gasteiger partial charge in [0, 0.05) is 0 Å². The van der Waals surface area contributed by atoms with E-state index in [1.807, 2.05) is 42.5 Å². The molecule has 1 atom stereocenters. The third-order valence-electron chi connectivity index (χ3n) is 3.06. The number of hydrogen-bond acceptors (Lipinski definition) is 3. The van der Waals surface area contributed by atoms with E-state index in [9.17, 15) is 4.79 Å². The third-order valence-corrected chi connectivity index (χ3v) is 4.66. The molecule has 0 aromatic heterocycles. The van der Waals surface area contributed by atoms with Crippen LogP contribution in [0.4, 0.5) is 0 Å². The maximum absolute atomic E-state index is 10.8. The number of aliphatic carboxylic acids is 1. The molecule has 0 unspecified atom stereocenters. The zero-order valence-electron chi connectivity index (χ0n) is 11.6. The number of carbonyl (C=O) groups is 1. The molecule has 0 spiro atoms. The molecule has 4 nitrogen and oxygen atoms in total. The Morgan fingerprint density at radius 3 is 2.27 bits per heavy atom. The molecular formula is C16H15I2NO3. The molecule has 22 heavy (non-hydrogen) atoms. The monoisotopic (exact) mass is 523 g/mol. The molecule has 2 aromatic rings. The lowest BCUT2D eigenvalue weighted by Crippen LogP contribution is -2.32. The normalized spacial score (nSPS) is 12.0. The molecule has 116 valence electrons. The second-order valence-corrected chi connectivity index (χ2v) is 7.14. The summed E-state index contributed by atoms with van der Waals surface area (Å²) in [6.45, 7) is 0.501. The van der Waals surface area contributed by atoms with Gasteiger partial charge in [0.2, 0.25) is 0 Å². The second-order valence-electron chi connectivity index (χ2n) is 4.81. The Morgan fingerprint density at radius 2 is 1.73 bits per heavy atom. The van der Waals surface area contributed by atoms with Gasteiger partial charge in [0.05, 0.1) is 7.14 Å². The molecule has 3 N–H and O–H groups in total. The van der Waals surface area contributed by atoms with Crippen LogP contribution in [0.3, 0.4) is 0 Å². The van der Waals surface area contributed by atoms with Crippen LogP contribution in [0.5, 0.6) is 5.75 Å². The predicted molar refractivity (Wildman–Crippen MR) is 102 cm³/mol. The van der Waals surface area contributed by atoms with Gasteiger partial charge in [-0.25, -0.2) is 0 Å². The maximum atomic E-state index is 10.8. The lowest BCUT2D eigenvalue weighted by Gasteiger charge is -2.13. The number of nitrogens with two attached hydrogens (primary N) is 1. The van der Waals surface area contributed by atoms with Crippen LogP contribution >= 0.6 is 45.2 Å². The van der Waals surface area contributed by atoms with Crippen molar-refractivity contribution in [2.75, 3.05) is 0 Å². The zero-order valence-corrected chi connectivity index (χ0v) is 15.9. The lowest BCUT2D eigenvalue weighted by molar-refractivity contribution is -0.138. The molecule has 0 radical (unpaired) electrons. The van der Waals surface area contributed by atoms with E-state index in [1.165, 1.54) is 0 Å². The Balaban J connectivity index is 2.11. The average molecular weight is 523 g/mol. The second kappa shape index (κ2) is 8.11. The van der Waals surface area contributed by atoms with Crippen LogP contribution in [0.25, 0.3) is 0 Å². The topological polar surface area (TPSA) is 72.5 Å². The Labute approximate surface area is 156 Å². The number of hydrogen-bond donors (Lipinski definition) is 2. The van der Waals surface area contributed by atoms with Gasteiger partial charge >= 0.3 is 5.97 Å². The lowest BCUT2D eigenvalue weighted by atomic mass is 10.1. The molecule has 0 saturated heterocycles. The Kier molecular flexibility index (Phi) is 6.45. The Bertz CT molecular complexity index is 639. The predicted octanol–water partition coefficient (Wildman–Crippen LogP) is 3.43. The summed E-state index contributed by atoms with van der Waals surface area (Å²) >= 11 is 4.40. The summed E-state index contributed by atoms with van der Waals surface area (Å²) in [5.41, 5.74) is 7.59. The van der Waals surface area contributed by atoms with E-state index < -0.39 is 12.0 Å². The van der Waals surface area contributed by atoms with Crippen molar-refractivity contribution in [3.8, 4) is 5.75 Å². The van der Waals surface area contributed by atoms with Crippen LogP contribution in [-0.4, -0.2) is 17.1 Å². The van der Waals surface area contributed by atoms with Gasteiger partial charge in [-0.15, -0.1) is 0 Å². The summed E-state index contributed by atoms with van der Waals surface area (Å²) in [6, 6.07) is 12.9. The van der Waals surface area contributed by atoms with Crippen molar-refractivity contribution < 1.29 is 14.6 Å². The minimum atomic E-state index is -0.991. The number of ether oxygens (including phenoxy) is 1. The number of rotatable bonds is 6. The first kappa shape index (κ1) is 17.5. The first-order valence-corrected chi connectivity index (χ1v) is 8.76. The largest absolute Gasteiger partial charge is 0.487 e.